The zero-order valence-electron chi connectivity index (χ0n) is 9.67. The molecule has 16 heteroatoms. The molecule has 0 aliphatic carbocycles. The average Bonchev–Trinajstić information content (AvgIpc) is 2.21. The predicted molar refractivity (Wildman–Crippen MR) is 50.8 cm³/mol. The van der Waals surface area contributed by atoms with E-state index in [-0.39, 0.29) is 4.49 Å². The Labute approximate surface area is 127 Å². The van der Waals surface area contributed by atoms with Crippen LogP contribution < -0.4 is 0 Å². The summed E-state index contributed by atoms with van der Waals surface area (Å²) in [6, 6.07) is 0. The zero-order valence-corrected chi connectivity index (χ0v) is 14.6. The summed E-state index contributed by atoms with van der Waals surface area (Å²) in [5.41, 5.74) is 0. The molecule has 0 rings (SSSR count). The molecule has 11 nitrogen and oxygen atoms in total. The fourth-order valence-corrected chi connectivity index (χ4v) is 2.88. The van der Waals surface area contributed by atoms with Crippen LogP contribution in [0.2, 0.25) is 0 Å². The van der Waals surface area contributed by atoms with Gasteiger partial charge in [0.2, 0.25) is 0 Å². The SMILES string of the molecule is COP(=O)(OC)OC=C(Cl)Cl.[O]=[Cr](=[O])([OH])[O][Cr](=[O])(=[O])[OH]. The van der Waals surface area contributed by atoms with Gasteiger partial charge in [0, 0.05) is 14.2 Å². The van der Waals surface area contributed by atoms with Crippen molar-refractivity contribution in [1.29, 1.82) is 0 Å². The van der Waals surface area contributed by atoms with Gasteiger partial charge < -0.3 is 4.52 Å². The standard InChI is InChI=1S/C4H7Cl2O4P.2Cr.2H2O.5O/c1-8-11(7,9-2)10-3-4(5)6;;;;;;;;;/h3H,1-2H3;;;2*1H2;;;;;/q;2*+1;;;;;;;/p-2. The van der Waals surface area contributed by atoms with E-state index < -0.39 is 35.1 Å². The molecule has 0 fully saturated rings. The van der Waals surface area contributed by atoms with Crippen molar-refractivity contribution >= 4 is 31.0 Å². The molecule has 0 amide bonds. The first kappa shape index (κ1) is 22.7. The maximum atomic E-state index is 11.0. The van der Waals surface area contributed by atoms with E-state index in [4.69, 9.17) is 31.5 Å². The number of halogens is 2. The van der Waals surface area contributed by atoms with Gasteiger partial charge in [-0.1, -0.05) is 23.2 Å². The third kappa shape index (κ3) is 16.5. The van der Waals surface area contributed by atoms with E-state index in [9.17, 15) is 19.8 Å². The molecule has 0 atom stereocenters. The van der Waals surface area contributed by atoms with Gasteiger partial charge in [-0.25, -0.2) is 4.57 Å². The summed E-state index contributed by atoms with van der Waals surface area (Å²) < 4.78 is 80.4. The van der Waals surface area contributed by atoms with Gasteiger partial charge in [0.15, 0.2) is 0 Å². The third-order valence-electron chi connectivity index (χ3n) is 0.890. The Hall–Kier alpha value is 0.415. The van der Waals surface area contributed by atoms with E-state index in [0.29, 0.717) is 0 Å². The van der Waals surface area contributed by atoms with Gasteiger partial charge in [-0.05, 0) is 0 Å². The number of hydrogen-bond acceptors (Lipinski definition) is 9. The van der Waals surface area contributed by atoms with E-state index in [0.717, 1.165) is 6.26 Å². The van der Waals surface area contributed by atoms with Crippen molar-refractivity contribution in [1.82, 2.24) is 0 Å². The summed E-state index contributed by atoms with van der Waals surface area (Å²) in [5.74, 6) is 0. The second kappa shape index (κ2) is 9.44. The van der Waals surface area contributed by atoms with Crippen LogP contribution in [-0.4, -0.2) is 22.5 Å². The zero-order chi connectivity index (χ0) is 16.6. The van der Waals surface area contributed by atoms with E-state index in [1.165, 1.54) is 14.2 Å². The van der Waals surface area contributed by atoms with Gasteiger partial charge in [0.1, 0.15) is 10.8 Å². The Morgan fingerprint density at radius 1 is 1.05 bits per heavy atom. The van der Waals surface area contributed by atoms with Crippen LogP contribution in [-0.2, 0) is 63.4 Å². The summed E-state index contributed by atoms with van der Waals surface area (Å²) in [6.07, 6.45) is 0.872. The Kier molecular flexibility index (Phi) is 10.7. The molecule has 0 aromatic carbocycles. The van der Waals surface area contributed by atoms with Gasteiger partial charge in [0.25, 0.3) is 0 Å². The number of phosphoric ester groups is 1. The summed E-state index contributed by atoms with van der Waals surface area (Å²) in [5, 5.41) is 0. The van der Waals surface area contributed by atoms with E-state index >= 15 is 0 Å². The molecule has 0 aliphatic rings. The fourth-order valence-electron chi connectivity index (χ4n) is 0.374. The topological polar surface area (TPSA) is 163 Å². The first-order chi connectivity index (χ1) is 8.74. The van der Waals surface area contributed by atoms with Crippen molar-refractivity contribution < 1.29 is 71.7 Å². The fraction of sp³-hybridized carbons (Fsp3) is 0.500. The van der Waals surface area contributed by atoms with Crippen LogP contribution in [0.3, 0.4) is 0 Å². The Morgan fingerprint density at radius 2 is 1.40 bits per heavy atom. The van der Waals surface area contributed by atoms with Gasteiger partial charge in [-0.3, -0.25) is 9.05 Å². The minimum atomic E-state index is -5.76. The molecule has 122 valence electrons. The van der Waals surface area contributed by atoms with Gasteiger partial charge >= 0.3 is 61.4 Å². The van der Waals surface area contributed by atoms with E-state index in [1.54, 1.807) is 0 Å². The normalized spacial score (nSPS) is 12.1. The predicted octanol–water partition coefficient (Wildman–Crippen LogP) is 1.02. The molecule has 20 heavy (non-hydrogen) atoms. The summed E-state index contributed by atoms with van der Waals surface area (Å²) in [6.45, 7) is 0. The minimum absolute atomic E-state index is 0.167. The molecule has 0 bridgehead atoms. The van der Waals surface area contributed by atoms with E-state index in [2.05, 4.69) is 16.4 Å². The first-order valence-electron chi connectivity index (χ1n) is 3.81. The van der Waals surface area contributed by atoms with Crippen molar-refractivity contribution in [2.24, 2.45) is 0 Å². The van der Waals surface area contributed by atoms with Crippen LogP contribution >= 0.6 is 31.0 Å². The van der Waals surface area contributed by atoms with Crippen LogP contribution in [0.4, 0.5) is 0 Å². The Balaban J connectivity index is 0. The second-order valence-corrected chi connectivity index (χ2v) is 8.85. The maximum absolute atomic E-state index is 11.0. The van der Waals surface area contributed by atoms with Crippen molar-refractivity contribution in [3.05, 3.63) is 10.8 Å². The summed E-state index contributed by atoms with van der Waals surface area (Å²) in [7, 11) is -1.12. The molecule has 0 spiro atoms. The molecule has 0 heterocycles. The van der Waals surface area contributed by atoms with Crippen molar-refractivity contribution in [2.75, 3.05) is 14.2 Å². The van der Waals surface area contributed by atoms with Crippen LogP contribution in [0.25, 0.3) is 0 Å². The second-order valence-electron chi connectivity index (χ2n) is 2.25. The van der Waals surface area contributed by atoms with Crippen molar-refractivity contribution in [3.63, 3.8) is 0 Å². The quantitative estimate of drug-likeness (QED) is 0.449. The first-order valence-corrected chi connectivity index (χ1v) is 10.3. The van der Waals surface area contributed by atoms with Gasteiger partial charge in [-0.2, -0.15) is 0 Å². The van der Waals surface area contributed by atoms with Crippen LogP contribution in [0.5, 0.6) is 0 Å². The molecule has 2 N–H and O–H groups in total. The molecule has 0 aromatic rings. The van der Waals surface area contributed by atoms with Gasteiger partial charge in [-0.15, -0.1) is 0 Å². The molecular weight excluding hydrogens is 430 g/mol. The molecule has 0 saturated carbocycles. The Bertz CT molecular complexity index is 523. The number of phosphoric acid groups is 1. The number of hydrogen-bond donors (Lipinski definition) is 2. The molecule has 0 saturated heterocycles. The van der Waals surface area contributed by atoms with Crippen molar-refractivity contribution in [2.45, 2.75) is 0 Å². The summed E-state index contributed by atoms with van der Waals surface area (Å²) in [4.78, 5) is 0. The molecule has 0 aliphatic heterocycles. The molecule has 0 aromatic heterocycles. The van der Waals surface area contributed by atoms with Crippen molar-refractivity contribution in [3.8, 4) is 0 Å². The van der Waals surface area contributed by atoms with Crippen LogP contribution in [0.1, 0.15) is 0 Å². The van der Waals surface area contributed by atoms with Crippen LogP contribution in [0, 0.1) is 0 Å². The molecular formula is C4H9Cl2Cr2O11P. The third-order valence-corrected chi connectivity index (χ3v) is 5.08. The molecule has 0 unspecified atom stereocenters. The molecule has 0 radical (unpaired) electrons. The number of rotatable bonds is 6. The van der Waals surface area contributed by atoms with Crippen LogP contribution in [0.15, 0.2) is 10.8 Å². The van der Waals surface area contributed by atoms with E-state index in [1.807, 2.05) is 0 Å². The average molecular weight is 439 g/mol. The summed E-state index contributed by atoms with van der Waals surface area (Å²) >= 11 is -1.18. The monoisotopic (exact) mass is 438 g/mol. The van der Waals surface area contributed by atoms with Gasteiger partial charge in [0.05, 0.1) is 0 Å². The Morgan fingerprint density at radius 3 is 1.55 bits per heavy atom.